The Morgan fingerprint density at radius 1 is 1.59 bits per heavy atom. The average Bonchev–Trinajstić information content (AvgIpc) is 2.68. The molecular formula is C11H13N2NaO6S2. The first-order valence-corrected chi connectivity index (χ1v) is 7.89. The van der Waals surface area contributed by atoms with E-state index >= 15 is 0 Å². The number of ether oxygens (including phenoxy) is 1. The molecule has 0 aliphatic carbocycles. The van der Waals surface area contributed by atoms with Crippen molar-refractivity contribution in [3.63, 3.8) is 0 Å². The molecular weight excluding hydrogens is 343 g/mol. The van der Waals surface area contributed by atoms with E-state index in [1.165, 1.54) is 18.7 Å². The zero-order valence-electron chi connectivity index (χ0n) is 12.0. The standard InChI is InChI=1S/C11H14N2O6S2.Na/c1-4(14)5-7(15)13-6(9(16)17)10(21-8(5)13)20-3-2-19-11(12)18;/h4-5,8,14H,2-3H2,1H3,(H2,12,18)(H,16,17);/q;+1/p-1. The van der Waals surface area contributed by atoms with Crippen LogP contribution in [0.2, 0.25) is 0 Å². The van der Waals surface area contributed by atoms with Gasteiger partial charge in [0.05, 0.1) is 27.9 Å². The average molecular weight is 356 g/mol. The van der Waals surface area contributed by atoms with E-state index < -0.39 is 35.4 Å². The summed E-state index contributed by atoms with van der Waals surface area (Å²) >= 11 is 2.33. The molecule has 3 unspecified atom stereocenters. The van der Waals surface area contributed by atoms with Crippen molar-refractivity contribution < 1.29 is 58.9 Å². The summed E-state index contributed by atoms with van der Waals surface area (Å²) in [6, 6.07) is 0. The molecule has 2 aliphatic rings. The Kier molecular flexibility index (Phi) is 7.09. The van der Waals surface area contributed by atoms with Crippen molar-refractivity contribution in [1.29, 1.82) is 0 Å². The first kappa shape index (κ1) is 19.7. The molecule has 1 fully saturated rings. The van der Waals surface area contributed by atoms with Gasteiger partial charge in [0.25, 0.3) is 0 Å². The second kappa shape index (κ2) is 7.93. The molecule has 0 aromatic heterocycles. The third-order valence-electron chi connectivity index (χ3n) is 3.02. The molecule has 0 bridgehead atoms. The van der Waals surface area contributed by atoms with Crippen LogP contribution in [0.4, 0.5) is 4.79 Å². The quantitative estimate of drug-likeness (QED) is 0.277. The van der Waals surface area contributed by atoms with Crippen LogP contribution in [-0.2, 0) is 14.3 Å². The Bertz CT molecular complexity index is 527. The number of amides is 2. The third kappa shape index (κ3) is 3.74. The Hall–Kier alpha value is -0.390. The molecule has 0 aromatic rings. The monoisotopic (exact) mass is 356 g/mol. The summed E-state index contributed by atoms with van der Waals surface area (Å²) in [4.78, 5) is 34.7. The summed E-state index contributed by atoms with van der Waals surface area (Å²) in [6.07, 6.45) is -1.76. The van der Waals surface area contributed by atoms with E-state index in [0.717, 1.165) is 16.7 Å². The van der Waals surface area contributed by atoms with E-state index in [-0.39, 0.29) is 41.9 Å². The van der Waals surface area contributed by atoms with E-state index in [4.69, 9.17) is 5.73 Å². The normalized spacial score (nSPS) is 24.3. The number of β-lactam (4-membered cyclic amide) rings is 1. The summed E-state index contributed by atoms with van der Waals surface area (Å²) in [6.45, 7) is 1.52. The van der Waals surface area contributed by atoms with Crippen molar-refractivity contribution in [2.75, 3.05) is 12.4 Å². The number of rotatable bonds is 6. The molecule has 0 saturated carbocycles. The van der Waals surface area contributed by atoms with Gasteiger partial charge in [-0.15, -0.1) is 11.8 Å². The molecule has 2 amide bonds. The first-order valence-electron chi connectivity index (χ1n) is 6.03. The fourth-order valence-corrected chi connectivity index (χ4v) is 4.93. The van der Waals surface area contributed by atoms with Crippen molar-refractivity contribution in [2.45, 2.75) is 18.4 Å². The number of carboxylic acids is 1. The van der Waals surface area contributed by atoms with Gasteiger partial charge in [-0.25, -0.2) is 4.79 Å². The SMILES string of the molecule is CC(O)C1C(=O)N2C(C(=O)[O-])=C(SCCOC(N)=O)SC12.[Na+]. The molecule has 2 rings (SSSR count). The van der Waals surface area contributed by atoms with Crippen molar-refractivity contribution in [1.82, 2.24) is 4.90 Å². The summed E-state index contributed by atoms with van der Waals surface area (Å²) < 4.78 is 4.96. The van der Waals surface area contributed by atoms with E-state index in [2.05, 4.69) is 4.74 Å². The van der Waals surface area contributed by atoms with Crippen molar-refractivity contribution in [3.05, 3.63) is 9.93 Å². The van der Waals surface area contributed by atoms with Gasteiger partial charge in [0.1, 0.15) is 12.0 Å². The summed E-state index contributed by atoms with van der Waals surface area (Å²) in [5.74, 6) is -2.19. The second-order valence-corrected chi connectivity index (χ2v) is 6.91. The predicted molar refractivity (Wildman–Crippen MR) is 73.4 cm³/mol. The van der Waals surface area contributed by atoms with E-state index in [1.54, 1.807) is 0 Å². The van der Waals surface area contributed by atoms with Gasteiger partial charge in [-0.05, 0) is 6.92 Å². The summed E-state index contributed by atoms with van der Waals surface area (Å²) in [5, 5.41) is 20.3. The number of nitrogens with zero attached hydrogens (tertiary/aromatic N) is 1. The minimum absolute atomic E-state index is 0. The minimum Gasteiger partial charge on any atom is -0.543 e. The molecule has 0 radical (unpaired) electrons. The van der Waals surface area contributed by atoms with Crippen LogP contribution in [0.3, 0.4) is 0 Å². The van der Waals surface area contributed by atoms with Gasteiger partial charge in [0.15, 0.2) is 0 Å². The maximum atomic E-state index is 11.9. The number of aliphatic hydroxyl groups is 1. The maximum absolute atomic E-state index is 11.9. The van der Waals surface area contributed by atoms with Gasteiger partial charge >= 0.3 is 35.7 Å². The molecule has 0 spiro atoms. The van der Waals surface area contributed by atoms with Gasteiger partial charge in [-0.3, -0.25) is 9.69 Å². The number of primary amides is 1. The Morgan fingerprint density at radius 3 is 2.73 bits per heavy atom. The molecule has 2 aliphatic heterocycles. The van der Waals surface area contributed by atoms with Crippen molar-refractivity contribution in [3.8, 4) is 0 Å². The molecule has 116 valence electrons. The summed E-state index contributed by atoms with van der Waals surface area (Å²) in [7, 11) is 0. The maximum Gasteiger partial charge on any atom is 1.00 e. The van der Waals surface area contributed by atoms with Gasteiger partial charge < -0.3 is 25.5 Å². The molecule has 3 atom stereocenters. The smallest absolute Gasteiger partial charge is 0.543 e. The van der Waals surface area contributed by atoms with Gasteiger partial charge in [0, 0.05) is 5.75 Å². The topological polar surface area (TPSA) is 133 Å². The van der Waals surface area contributed by atoms with E-state index in [0.29, 0.717) is 9.99 Å². The van der Waals surface area contributed by atoms with E-state index in [9.17, 15) is 24.6 Å². The number of thioether (sulfide) groups is 2. The number of fused-ring (bicyclic) bond motifs is 1. The van der Waals surface area contributed by atoms with Crippen molar-refractivity contribution >= 4 is 41.5 Å². The molecule has 1 saturated heterocycles. The molecule has 2 heterocycles. The minimum atomic E-state index is -1.44. The van der Waals surface area contributed by atoms with Crippen LogP contribution >= 0.6 is 23.5 Å². The molecule has 22 heavy (non-hydrogen) atoms. The van der Waals surface area contributed by atoms with Gasteiger partial charge in [-0.1, -0.05) is 11.8 Å². The van der Waals surface area contributed by atoms with Crippen LogP contribution in [0.25, 0.3) is 0 Å². The number of carbonyl (C=O) groups excluding carboxylic acids is 3. The predicted octanol–water partition coefficient (Wildman–Crippen LogP) is -4.35. The number of nitrogens with two attached hydrogens (primary N) is 1. The van der Waals surface area contributed by atoms with Gasteiger partial charge in [-0.2, -0.15) is 0 Å². The second-order valence-electron chi connectivity index (χ2n) is 4.42. The fourth-order valence-electron chi connectivity index (χ4n) is 2.12. The molecule has 0 aromatic carbocycles. The third-order valence-corrected chi connectivity index (χ3v) is 5.64. The van der Waals surface area contributed by atoms with E-state index in [1.807, 2.05) is 0 Å². The Labute approximate surface area is 157 Å². The fraction of sp³-hybridized carbons (Fsp3) is 0.545. The largest absolute Gasteiger partial charge is 1.00 e. The zero-order chi connectivity index (χ0) is 15.7. The zero-order valence-corrected chi connectivity index (χ0v) is 15.6. The molecule has 11 heteroatoms. The first-order chi connectivity index (χ1) is 9.84. The number of hydrogen-bond acceptors (Lipinski definition) is 8. The number of aliphatic hydroxyl groups excluding tert-OH is 1. The molecule has 3 N–H and O–H groups in total. The van der Waals surface area contributed by atoms with Gasteiger partial charge in [0.2, 0.25) is 5.91 Å². The van der Waals surface area contributed by atoms with Crippen LogP contribution in [0.1, 0.15) is 6.92 Å². The van der Waals surface area contributed by atoms with Crippen LogP contribution in [0.15, 0.2) is 9.93 Å². The number of hydrogen-bond donors (Lipinski definition) is 2. The van der Waals surface area contributed by atoms with Crippen LogP contribution in [-0.4, -0.2) is 51.8 Å². The van der Waals surface area contributed by atoms with Crippen LogP contribution in [0, 0.1) is 5.92 Å². The number of aliphatic carboxylic acids is 1. The number of carboxylic acid groups (broad SMARTS) is 1. The Morgan fingerprint density at radius 2 is 2.23 bits per heavy atom. The van der Waals surface area contributed by atoms with Crippen LogP contribution in [0.5, 0.6) is 0 Å². The van der Waals surface area contributed by atoms with Crippen molar-refractivity contribution in [2.24, 2.45) is 11.7 Å². The van der Waals surface area contributed by atoms with Crippen LogP contribution < -0.4 is 40.4 Å². The number of carbonyl (C=O) groups is 3. The Balaban J connectivity index is 0.00000242. The molecule has 8 nitrogen and oxygen atoms in total. The summed E-state index contributed by atoms with van der Waals surface area (Å²) in [5.41, 5.74) is 4.63.